The van der Waals surface area contributed by atoms with Crippen LogP contribution in [0.15, 0.2) is 0 Å². The van der Waals surface area contributed by atoms with Gasteiger partial charge in [0.1, 0.15) is 0 Å². The average Bonchev–Trinajstić information content (AvgIpc) is 2.13. The number of carbonyl (C=O) groups is 3. The van der Waals surface area contributed by atoms with Gasteiger partial charge in [0.15, 0.2) is 0 Å². The minimum atomic E-state index is -1.84. The standard InChI is InChI=1S/C4H6O.2C2H4O2.2Hg/c1-3-4(2)5;2*1-2(3)4;;/h3H,2H2,1H3;2*1H3,(H,3,4);;/q;;;2*+1/p-2. The van der Waals surface area contributed by atoms with Crippen LogP contribution >= 0.6 is 0 Å². The fourth-order valence-electron chi connectivity index (χ4n) is 0.877. The molecule has 5 nitrogen and oxygen atoms in total. The number of carbonyl (C=O) groups excluding carboxylic acids is 3. The van der Waals surface area contributed by atoms with Gasteiger partial charge in [-0.2, -0.15) is 0 Å². The normalized spacial score (nSPS) is 10.6. The van der Waals surface area contributed by atoms with Crippen molar-refractivity contribution in [1.29, 1.82) is 0 Å². The van der Waals surface area contributed by atoms with E-state index in [0.717, 1.165) is 0 Å². The molecule has 0 saturated heterocycles. The molecule has 0 aromatic carbocycles. The topological polar surface area (TPSA) is 69.7 Å². The summed E-state index contributed by atoms with van der Waals surface area (Å²) >= 11 is -3.62. The van der Waals surface area contributed by atoms with Crippen molar-refractivity contribution < 1.29 is 69.7 Å². The van der Waals surface area contributed by atoms with E-state index in [1.165, 1.54) is 13.8 Å². The van der Waals surface area contributed by atoms with Gasteiger partial charge >= 0.3 is 116 Å². The van der Waals surface area contributed by atoms with E-state index in [1.54, 1.807) is 6.92 Å². The molecule has 0 amide bonds. The Labute approximate surface area is 114 Å². The summed E-state index contributed by atoms with van der Waals surface area (Å²) in [6, 6.07) is 0. The van der Waals surface area contributed by atoms with Crippen LogP contribution in [0.4, 0.5) is 0 Å². The van der Waals surface area contributed by atoms with E-state index in [4.69, 9.17) is 5.29 Å². The summed E-state index contributed by atoms with van der Waals surface area (Å²) < 4.78 is 10.2. The second-order valence-corrected chi connectivity index (χ2v) is 15.1. The van der Waals surface area contributed by atoms with Crippen molar-refractivity contribution in [2.75, 3.05) is 0 Å². The Hall–Kier alpha value is 0.480. The first kappa shape index (κ1) is 15.5. The Morgan fingerprint density at radius 2 is 1.67 bits per heavy atom. The SMILES string of the molecule is CC(=O)[O][Hg][CH2]C(=O)[CH](C)[Hg][O]C(C)=O. The van der Waals surface area contributed by atoms with Crippen molar-refractivity contribution in [1.82, 2.24) is 0 Å². The molecule has 0 saturated carbocycles. The molecule has 7 heteroatoms. The molecule has 1 atom stereocenters. The first-order chi connectivity index (χ1) is 6.93. The van der Waals surface area contributed by atoms with Crippen LogP contribution in [0.5, 0.6) is 0 Å². The van der Waals surface area contributed by atoms with Crippen molar-refractivity contribution in [3.05, 3.63) is 0 Å². The Bertz CT molecular complexity index is 253. The van der Waals surface area contributed by atoms with Gasteiger partial charge in [0, 0.05) is 0 Å². The predicted molar refractivity (Wildman–Crippen MR) is 42.8 cm³/mol. The molecular formula is C8H12Hg2O5. The summed E-state index contributed by atoms with van der Waals surface area (Å²) in [6.07, 6.45) is 0. The van der Waals surface area contributed by atoms with Crippen LogP contribution in [-0.2, 0) is 69.7 Å². The zero-order valence-electron chi connectivity index (χ0n) is 9.24. The first-order valence-corrected chi connectivity index (χ1v) is 16.3. The van der Waals surface area contributed by atoms with Gasteiger partial charge in [-0.05, 0) is 0 Å². The summed E-state index contributed by atoms with van der Waals surface area (Å²) in [6.45, 7) is 4.51. The molecule has 15 heavy (non-hydrogen) atoms. The third kappa shape index (κ3) is 9.41. The van der Waals surface area contributed by atoms with E-state index in [-0.39, 0.29) is 21.1 Å². The number of ketones is 1. The molecule has 0 heterocycles. The summed E-state index contributed by atoms with van der Waals surface area (Å²) in [5, 5.41) is 0. The van der Waals surface area contributed by atoms with E-state index in [0.29, 0.717) is 3.93 Å². The molecule has 0 spiro atoms. The molecule has 0 radical (unpaired) electrons. The summed E-state index contributed by atoms with van der Waals surface area (Å²) in [4.78, 5) is 32.5. The van der Waals surface area contributed by atoms with Gasteiger partial charge in [0.05, 0.1) is 0 Å². The third-order valence-electron chi connectivity index (χ3n) is 1.74. The molecule has 0 aliphatic carbocycles. The van der Waals surface area contributed by atoms with Crippen LogP contribution in [0.3, 0.4) is 0 Å². The molecule has 78 valence electrons. The van der Waals surface area contributed by atoms with Crippen molar-refractivity contribution in [2.24, 2.45) is 0 Å². The molecule has 0 aromatic rings. The van der Waals surface area contributed by atoms with Crippen LogP contribution in [0.2, 0.25) is 7.36 Å². The van der Waals surface area contributed by atoms with Gasteiger partial charge < -0.3 is 0 Å². The van der Waals surface area contributed by atoms with Gasteiger partial charge in [-0.3, -0.25) is 0 Å². The van der Waals surface area contributed by atoms with Gasteiger partial charge in [0.2, 0.25) is 0 Å². The molecule has 0 N–H and O–H groups in total. The van der Waals surface area contributed by atoms with Gasteiger partial charge in [-0.25, -0.2) is 0 Å². The zero-order chi connectivity index (χ0) is 11.8. The summed E-state index contributed by atoms with van der Waals surface area (Å²) in [5.41, 5.74) is 0. The monoisotopic (exact) mass is 592 g/mol. The van der Waals surface area contributed by atoms with Crippen molar-refractivity contribution >= 4 is 17.7 Å². The van der Waals surface area contributed by atoms with Crippen LogP contribution in [0, 0.1) is 0 Å². The molecule has 0 aromatic heterocycles. The Balaban J connectivity index is 3.69. The number of hydrogen-bond acceptors (Lipinski definition) is 5. The molecule has 0 rings (SSSR count). The van der Waals surface area contributed by atoms with Crippen molar-refractivity contribution in [2.45, 2.75) is 28.1 Å². The van der Waals surface area contributed by atoms with Crippen molar-refractivity contribution in [3.8, 4) is 0 Å². The number of rotatable bonds is 6. The molecule has 0 aliphatic heterocycles. The second kappa shape index (κ2) is 8.61. The van der Waals surface area contributed by atoms with E-state index < -0.39 is 50.1 Å². The van der Waals surface area contributed by atoms with E-state index in [2.05, 4.69) is 0 Å². The molecular weight excluding hydrogens is 577 g/mol. The van der Waals surface area contributed by atoms with Crippen molar-refractivity contribution in [3.63, 3.8) is 0 Å². The van der Waals surface area contributed by atoms with Gasteiger partial charge in [-0.15, -0.1) is 0 Å². The Morgan fingerprint density at radius 3 is 2.13 bits per heavy atom. The Kier molecular flexibility index (Phi) is 8.89. The van der Waals surface area contributed by atoms with Crippen LogP contribution in [-0.4, -0.2) is 17.7 Å². The summed E-state index contributed by atoms with van der Waals surface area (Å²) in [7, 11) is 0. The average molecular weight is 589 g/mol. The number of hydrogen-bond donors (Lipinski definition) is 0. The predicted octanol–water partition coefficient (Wildman–Crippen LogP) is 0.903. The minimum absolute atomic E-state index is 0.0792. The van der Waals surface area contributed by atoms with E-state index in [9.17, 15) is 14.4 Å². The molecule has 0 fully saturated rings. The first-order valence-electron chi connectivity index (χ1n) is 4.73. The van der Waals surface area contributed by atoms with Crippen LogP contribution < -0.4 is 0 Å². The molecule has 0 aliphatic rings. The van der Waals surface area contributed by atoms with E-state index >= 15 is 0 Å². The molecule has 0 bridgehead atoms. The summed E-state index contributed by atoms with van der Waals surface area (Å²) in [5.74, 6) is -0.469. The van der Waals surface area contributed by atoms with Crippen LogP contribution in [0.1, 0.15) is 20.8 Å². The van der Waals surface area contributed by atoms with Crippen LogP contribution in [0.25, 0.3) is 0 Å². The van der Waals surface area contributed by atoms with Gasteiger partial charge in [0.25, 0.3) is 0 Å². The number of Topliss-reactive ketones (excluding diaryl/α,β-unsaturated/α-hetero) is 1. The molecule has 1 unspecified atom stereocenters. The maximum absolute atomic E-state index is 11.5. The van der Waals surface area contributed by atoms with E-state index in [1.807, 2.05) is 0 Å². The fourth-order valence-corrected chi connectivity index (χ4v) is 14.7. The quantitative estimate of drug-likeness (QED) is 0.431. The fraction of sp³-hybridized carbons (Fsp3) is 0.625. The zero-order valence-corrected chi connectivity index (χ0v) is 20.2. The Morgan fingerprint density at radius 1 is 1.13 bits per heavy atom. The third-order valence-corrected chi connectivity index (χ3v) is 12.8. The second-order valence-electron chi connectivity index (χ2n) is 3.26. The maximum atomic E-state index is 11.5. The van der Waals surface area contributed by atoms with Gasteiger partial charge in [-0.1, -0.05) is 0 Å².